The first kappa shape index (κ1) is 37.9. The van der Waals surface area contributed by atoms with E-state index in [1.54, 1.807) is 0 Å². The van der Waals surface area contributed by atoms with Crippen molar-refractivity contribution >= 4 is 11.9 Å². The number of hydrogen-bond donors (Lipinski definition) is 1. The molecule has 0 aromatic rings. The molecule has 0 amide bonds. The van der Waals surface area contributed by atoms with Gasteiger partial charge in [-0.05, 0) is 19.3 Å². The monoisotopic (exact) mass is 553 g/mol. The third-order valence-corrected chi connectivity index (χ3v) is 8.10. The molecule has 4 heteroatoms. The average Bonchev–Trinajstić information content (AvgIpc) is 2.92. The summed E-state index contributed by atoms with van der Waals surface area (Å²) < 4.78 is 5.29. The lowest BCUT2D eigenvalue weighted by Crippen LogP contribution is -2.27. The molecule has 232 valence electrons. The van der Waals surface area contributed by atoms with E-state index in [0.29, 0.717) is 12.8 Å². The van der Waals surface area contributed by atoms with E-state index >= 15 is 0 Å². The van der Waals surface area contributed by atoms with E-state index in [2.05, 4.69) is 13.8 Å². The van der Waals surface area contributed by atoms with Crippen molar-refractivity contribution in [2.24, 2.45) is 0 Å². The minimum atomic E-state index is -1.00. The van der Waals surface area contributed by atoms with Crippen LogP contribution in [0, 0.1) is 0 Å². The first-order valence-corrected chi connectivity index (χ1v) is 17.5. The van der Waals surface area contributed by atoms with Crippen molar-refractivity contribution in [3.8, 4) is 0 Å². The van der Waals surface area contributed by atoms with Crippen LogP contribution in [0.4, 0.5) is 0 Å². The predicted octanol–water partition coefficient (Wildman–Crippen LogP) is 11.7. The molecule has 0 saturated heterocycles. The van der Waals surface area contributed by atoms with Crippen LogP contribution in [-0.4, -0.2) is 23.1 Å². The minimum absolute atomic E-state index is 0.343. The van der Waals surface area contributed by atoms with Gasteiger partial charge in [0.1, 0.15) is 0 Å². The molecule has 0 spiro atoms. The van der Waals surface area contributed by atoms with Crippen LogP contribution in [0.5, 0.6) is 0 Å². The largest absolute Gasteiger partial charge is 0.479 e. The summed E-state index contributed by atoms with van der Waals surface area (Å²) in [6.45, 7) is 4.52. The molecule has 0 fully saturated rings. The third kappa shape index (κ3) is 29.7. The summed E-state index contributed by atoms with van der Waals surface area (Å²) in [5, 5.41) is 9.43. The highest BCUT2D eigenvalue weighted by molar-refractivity contribution is 5.77. The maximum absolute atomic E-state index is 12.1. The Bertz CT molecular complexity index is 519. The van der Waals surface area contributed by atoms with Crippen molar-refractivity contribution in [3.05, 3.63) is 0 Å². The first-order valence-electron chi connectivity index (χ1n) is 17.5. The van der Waals surface area contributed by atoms with Gasteiger partial charge in [0.2, 0.25) is 0 Å². The van der Waals surface area contributed by atoms with E-state index in [1.165, 1.54) is 141 Å². The van der Waals surface area contributed by atoms with Gasteiger partial charge in [0.25, 0.3) is 0 Å². The summed E-state index contributed by atoms with van der Waals surface area (Å²) >= 11 is 0. The normalized spacial score (nSPS) is 12.1. The lowest BCUT2D eigenvalue weighted by Gasteiger charge is -2.13. The molecule has 1 unspecified atom stereocenters. The molecule has 0 aromatic heterocycles. The van der Waals surface area contributed by atoms with Gasteiger partial charge in [0.05, 0.1) is 0 Å². The zero-order valence-electron chi connectivity index (χ0n) is 26.5. The molecule has 0 bridgehead atoms. The van der Waals surface area contributed by atoms with Crippen LogP contribution in [-0.2, 0) is 14.3 Å². The fourth-order valence-electron chi connectivity index (χ4n) is 5.44. The number of rotatable bonds is 32. The Morgan fingerprint density at radius 2 is 0.744 bits per heavy atom. The van der Waals surface area contributed by atoms with Gasteiger partial charge in [-0.25, -0.2) is 4.79 Å². The molecule has 1 atom stereocenters. The van der Waals surface area contributed by atoms with Gasteiger partial charge in [-0.1, -0.05) is 181 Å². The Hall–Kier alpha value is -1.06. The fraction of sp³-hybridized carbons (Fsp3) is 0.943. The van der Waals surface area contributed by atoms with Crippen molar-refractivity contribution in [3.63, 3.8) is 0 Å². The molecule has 39 heavy (non-hydrogen) atoms. The van der Waals surface area contributed by atoms with Gasteiger partial charge in [0.15, 0.2) is 6.10 Å². The van der Waals surface area contributed by atoms with Gasteiger partial charge in [0, 0.05) is 6.42 Å². The second-order valence-corrected chi connectivity index (χ2v) is 12.0. The quantitative estimate of drug-likeness (QED) is 0.0665. The van der Waals surface area contributed by atoms with Crippen LogP contribution in [0.1, 0.15) is 206 Å². The van der Waals surface area contributed by atoms with Crippen LogP contribution in [0.15, 0.2) is 0 Å². The molecule has 0 aromatic carbocycles. The molecule has 4 nitrogen and oxygen atoms in total. The summed E-state index contributed by atoms with van der Waals surface area (Å²) in [7, 11) is 0. The highest BCUT2D eigenvalue weighted by atomic mass is 16.6. The van der Waals surface area contributed by atoms with Crippen LogP contribution >= 0.6 is 0 Å². The molecule has 0 aliphatic heterocycles. The number of unbranched alkanes of at least 4 members (excludes halogenated alkanes) is 26. The van der Waals surface area contributed by atoms with E-state index in [0.717, 1.165) is 38.5 Å². The standard InChI is InChI=1S/C35H68O4/c1-3-5-7-9-11-13-15-16-17-18-19-20-21-22-23-25-27-29-31-33(35(37)38)39-34(36)32-30-28-26-24-14-12-10-8-6-4-2/h33H,3-32H2,1-2H3,(H,37,38). The molecule has 0 heterocycles. The van der Waals surface area contributed by atoms with Gasteiger partial charge in [-0.3, -0.25) is 4.79 Å². The van der Waals surface area contributed by atoms with E-state index < -0.39 is 12.1 Å². The zero-order valence-corrected chi connectivity index (χ0v) is 26.5. The molecular formula is C35H68O4. The second kappa shape index (κ2) is 31.5. The number of carboxylic acid groups (broad SMARTS) is 1. The van der Waals surface area contributed by atoms with Gasteiger partial charge >= 0.3 is 11.9 Å². The maximum atomic E-state index is 12.1. The average molecular weight is 553 g/mol. The van der Waals surface area contributed by atoms with Crippen LogP contribution in [0.3, 0.4) is 0 Å². The molecule has 0 radical (unpaired) electrons. The molecule has 0 aliphatic rings. The van der Waals surface area contributed by atoms with Crippen molar-refractivity contribution in [2.45, 2.75) is 213 Å². The smallest absolute Gasteiger partial charge is 0.345 e. The van der Waals surface area contributed by atoms with Crippen LogP contribution < -0.4 is 0 Å². The SMILES string of the molecule is CCCCCCCCCCCCCCCCCCCCC(OC(=O)CCCCCCCCCCCC)C(=O)O. The fourth-order valence-corrected chi connectivity index (χ4v) is 5.44. The van der Waals surface area contributed by atoms with Crippen LogP contribution in [0.2, 0.25) is 0 Å². The Balaban J connectivity index is 3.50. The highest BCUT2D eigenvalue weighted by Gasteiger charge is 2.21. The predicted molar refractivity (Wildman–Crippen MR) is 167 cm³/mol. The Morgan fingerprint density at radius 1 is 0.462 bits per heavy atom. The molecule has 0 aliphatic carbocycles. The highest BCUT2D eigenvalue weighted by Crippen LogP contribution is 2.16. The van der Waals surface area contributed by atoms with E-state index in [1.807, 2.05) is 0 Å². The molecular weight excluding hydrogens is 484 g/mol. The Labute approximate surface area is 243 Å². The second-order valence-electron chi connectivity index (χ2n) is 12.0. The number of hydrogen-bond acceptors (Lipinski definition) is 3. The van der Waals surface area contributed by atoms with E-state index in [9.17, 15) is 14.7 Å². The number of esters is 1. The molecule has 0 rings (SSSR count). The number of aliphatic carboxylic acids is 1. The maximum Gasteiger partial charge on any atom is 0.345 e. The first-order chi connectivity index (χ1) is 19.1. The van der Waals surface area contributed by atoms with Crippen molar-refractivity contribution in [2.75, 3.05) is 0 Å². The van der Waals surface area contributed by atoms with E-state index in [4.69, 9.17) is 4.74 Å². The topological polar surface area (TPSA) is 63.6 Å². The van der Waals surface area contributed by atoms with Crippen LogP contribution in [0.25, 0.3) is 0 Å². The summed E-state index contributed by atoms with van der Waals surface area (Å²) in [5.41, 5.74) is 0. The number of carbonyl (C=O) groups excluding carboxylic acids is 1. The Morgan fingerprint density at radius 3 is 1.05 bits per heavy atom. The molecule has 0 saturated carbocycles. The van der Waals surface area contributed by atoms with Crippen molar-refractivity contribution < 1.29 is 19.4 Å². The molecule has 1 N–H and O–H groups in total. The lowest BCUT2D eigenvalue weighted by molar-refractivity contribution is -0.164. The van der Waals surface area contributed by atoms with E-state index in [-0.39, 0.29) is 5.97 Å². The van der Waals surface area contributed by atoms with Gasteiger partial charge in [-0.15, -0.1) is 0 Å². The Kier molecular flexibility index (Phi) is 30.6. The lowest BCUT2D eigenvalue weighted by atomic mass is 10.0. The van der Waals surface area contributed by atoms with Crippen molar-refractivity contribution in [1.82, 2.24) is 0 Å². The summed E-state index contributed by atoms with van der Waals surface area (Å²) in [4.78, 5) is 23.6. The van der Waals surface area contributed by atoms with Gasteiger partial charge in [-0.2, -0.15) is 0 Å². The number of ether oxygens (including phenoxy) is 1. The number of carbonyl (C=O) groups is 2. The zero-order chi connectivity index (χ0) is 28.7. The summed E-state index contributed by atoms with van der Waals surface area (Å²) in [5.74, 6) is -1.34. The summed E-state index contributed by atoms with van der Waals surface area (Å²) in [6.07, 6.45) is 35.7. The third-order valence-electron chi connectivity index (χ3n) is 8.10. The minimum Gasteiger partial charge on any atom is -0.479 e. The summed E-state index contributed by atoms with van der Waals surface area (Å²) in [6, 6.07) is 0. The van der Waals surface area contributed by atoms with Gasteiger partial charge < -0.3 is 9.84 Å². The van der Waals surface area contributed by atoms with Crippen molar-refractivity contribution in [1.29, 1.82) is 0 Å². The number of carboxylic acids is 1.